The molecule has 4 nitrogen and oxygen atoms in total. The van der Waals surface area contributed by atoms with Crippen LogP contribution >= 0.6 is 11.3 Å². The lowest BCUT2D eigenvalue weighted by atomic mass is 10.1. The molecule has 0 aliphatic carbocycles. The number of thiazole rings is 1. The number of aliphatic hydroxyl groups is 1. The Kier molecular flexibility index (Phi) is 5.09. The van der Waals surface area contributed by atoms with E-state index in [1.807, 2.05) is 32.0 Å². The van der Waals surface area contributed by atoms with Gasteiger partial charge in [0.05, 0.1) is 17.7 Å². The summed E-state index contributed by atoms with van der Waals surface area (Å²) in [4.78, 5) is 17.1. The summed E-state index contributed by atoms with van der Waals surface area (Å²) in [5.74, 6) is 5.54. The quantitative estimate of drug-likeness (QED) is 0.857. The Morgan fingerprint density at radius 1 is 1.33 bits per heavy atom. The normalized spacial score (nSPS) is 9.86. The molecule has 1 amide bonds. The number of carbonyl (C=O) groups excluding carboxylic acids is 1. The monoisotopic (exact) mass is 300 g/mol. The summed E-state index contributed by atoms with van der Waals surface area (Å²) in [5, 5.41) is 12.0. The highest BCUT2D eigenvalue weighted by molar-refractivity contribution is 7.16. The van der Waals surface area contributed by atoms with Gasteiger partial charge in [0, 0.05) is 12.0 Å². The molecule has 0 saturated carbocycles. The third-order valence-corrected chi connectivity index (χ3v) is 3.49. The van der Waals surface area contributed by atoms with Crippen molar-refractivity contribution in [2.45, 2.75) is 20.3 Å². The summed E-state index contributed by atoms with van der Waals surface area (Å²) in [6.07, 6.45) is 2.05. The third kappa shape index (κ3) is 4.42. The number of carbonyl (C=O) groups is 1. The first-order valence-electron chi connectivity index (χ1n) is 6.53. The van der Waals surface area contributed by atoms with Crippen LogP contribution in [0.25, 0.3) is 0 Å². The van der Waals surface area contributed by atoms with Crippen molar-refractivity contribution in [2.24, 2.45) is 0 Å². The van der Waals surface area contributed by atoms with Crippen molar-refractivity contribution in [1.29, 1.82) is 0 Å². The Morgan fingerprint density at radius 2 is 2.05 bits per heavy atom. The molecule has 2 N–H and O–H groups in total. The average molecular weight is 300 g/mol. The number of amides is 1. The highest BCUT2D eigenvalue weighted by Crippen LogP contribution is 2.18. The summed E-state index contributed by atoms with van der Waals surface area (Å²) < 4.78 is 0. The molecule has 0 aliphatic heterocycles. The van der Waals surface area contributed by atoms with Crippen LogP contribution in [0.15, 0.2) is 24.4 Å². The zero-order valence-electron chi connectivity index (χ0n) is 11.9. The fourth-order valence-corrected chi connectivity index (χ4v) is 2.56. The van der Waals surface area contributed by atoms with Crippen LogP contribution in [0.3, 0.4) is 0 Å². The third-order valence-electron chi connectivity index (χ3n) is 2.66. The van der Waals surface area contributed by atoms with E-state index >= 15 is 0 Å². The van der Waals surface area contributed by atoms with Gasteiger partial charge in [-0.3, -0.25) is 10.1 Å². The van der Waals surface area contributed by atoms with Gasteiger partial charge in [0.25, 0.3) is 5.91 Å². The number of hydrogen-bond acceptors (Lipinski definition) is 4. The molecule has 1 aromatic heterocycles. The van der Waals surface area contributed by atoms with Crippen molar-refractivity contribution in [3.8, 4) is 11.8 Å². The van der Waals surface area contributed by atoms with Gasteiger partial charge in [-0.05, 0) is 26.0 Å². The topological polar surface area (TPSA) is 62.2 Å². The summed E-state index contributed by atoms with van der Waals surface area (Å²) in [7, 11) is 0. The molecular formula is C16H16N2O2S. The summed E-state index contributed by atoms with van der Waals surface area (Å²) in [5.41, 5.74) is 2.72. The minimum absolute atomic E-state index is 0.0438. The van der Waals surface area contributed by atoms with E-state index < -0.39 is 0 Å². The molecule has 2 rings (SSSR count). The number of aryl methyl sites for hydroxylation is 2. The van der Waals surface area contributed by atoms with E-state index in [9.17, 15) is 4.79 Å². The van der Waals surface area contributed by atoms with E-state index in [1.54, 1.807) is 6.20 Å². The van der Waals surface area contributed by atoms with Crippen molar-refractivity contribution in [3.63, 3.8) is 0 Å². The first kappa shape index (κ1) is 15.2. The molecule has 0 radical (unpaired) electrons. The second kappa shape index (κ2) is 7.02. The summed E-state index contributed by atoms with van der Waals surface area (Å²) >= 11 is 1.32. The van der Waals surface area contributed by atoms with Gasteiger partial charge >= 0.3 is 0 Å². The van der Waals surface area contributed by atoms with Gasteiger partial charge in [0.15, 0.2) is 5.13 Å². The largest absolute Gasteiger partial charge is 0.395 e. The average Bonchev–Trinajstić information content (AvgIpc) is 2.85. The SMILES string of the molecule is Cc1cc(C)cc(C(=O)Nc2ncc(C#CCCO)s2)c1. The minimum atomic E-state index is -0.175. The van der Waals surface area contributed by atoms with Crippen LogP contribution in [-0.4, -0.2) is 22.6 Å². The summed E-state index contributed by atoms with van der Waals surface area (Å²) in [6, 6.07) is 5.71. The van der Waals surface area contributed by atoms with E-state index in [4.69, 9.17) is 5.11 Å². The second-order valence-corrected chi connectivity index (χ2v) is 5.67. The standard InChI is InChI=1S/C16H16N2O2S/c1-11-7-12(2)9-13(8-11)15(20)18-16-17-10-14(21-16)5-3-4-6-19/h7-10,19H,4,6H2,1-2H3,(H,17,18,20). The second-order valence-electron chi connectivity index (χ2n) is 4.64. The van der Waals surface area contributed by atoms with Crippen molar-refractivity contribution >= 4 is 22.4 Å². The molecule has 108 valence electrons. The van der Waals surface area contributed by atoms with Gasteiger partial charge in [-0.25, -0.2) is 4.98 Å². The van der Waals surface area contributed by atoms with Gasteiger partial charge in [0.2, 0.25) is 0 Å². The molecule has 0 aliphatic rings. The molecule has 0 unspecified atom stereocenters. The van der Waals surface area contributed by atoms with Crippen molar-refractivity contribution in [2.75, 3.05) is 11.9 Å². The van der Waals surface area contributed by atoms with Gasteiger partial charge in [-0.15, -0.1) is 0 Å². The summed E-state index contributed by atoms with van der Waals surface area (Å²) in [6.45, 7) is 3.96. The maximum atomic E-state index is 12.2. The number of nitrogens with one attached hydrogen (secondary N) is 1. The molecule has 1 aromatic carbocycles. The molecule has 0 fully saturated rings. The molecule has 0 atom stereocenters. The fourth-order valence-electron chi connectivity index (χ4n) is 1.87. The molecule has 0 spiro atoms. The predicted octanol–water partition coefficient (Wildman–Crippen LogP) is 2.75. The Labute approximate surface area is 127 Å². The fraction of sp³-hybridized carbons (Fsp3) is 0.250. The zero-order chi connectivity index (χ0) is 15.2. The lowest BCUT2D eigenvalue weighted by Crippen LogP contribution is -2.12. The molecular weight excluding hydrogens is 284 g/mol. The zero-order valence-corrected chi connectivity index (χ0v) is 12.8. The van der Waals surface area contributed by atoms with Crippen molar-refractivity contribution in [3.05, 3.63) is 46.0 Å². The number of benzene rings is 1. The number of hydrogen-bond donors (Lipinski definition) is 2. The molecule has 0 saturated heterocycles. The lowest BCUT2D eigenvalue weighted by molar-refractivity contribution is 0.102. The smallest absolute Gasteiger partial charge is 0.257 e. The van der Waals surface area contributed by atoms with Crippen LogP contribution in [0.1, 0.15) is 32.8 Å². The Bertz CT molecular complexity index is 690. The molecule has 2 aromatic rings. The molecule has 5 heteroatoms. The van der Waals surface area contributed by atoms with Gasteiger partial charge in [-0.2, -0.15) is 0 Å². The lowest BCUT2D eigenvalue weighted by Gasteiger charge is -2.04. The van der Waals surface area contributed by atoms with Crippen LogP contribution in [-0.2, 0) is 0 Å². The Hall–Kier alpha value is -2.16. The van der Waals surface area contributed by atoms with E-state index in [0.717, 1.165) is 16.0 Å². The van der Waals surface area contributed by atoms with Crippen LogP contribution in [0.2, 0.25) is 0 Å². The Morgan fingerprint density at radius 3 is 2.71 bits per heavy atom. The van der Waals surface area contributed by atoms with Crippen LogP contribution in [0, 0.1) is 25.7 Å². The van der Waals surface area contributed by atoms with Crippen LogP contribution < -0.4 is 5.32 Å². The first-order chi connectivity index (χ1) is 10.1. The highest BCUT2D eigenvalue weighted by atomic mass is 32.1. The molecule has 1 heterocycles. The van der Waals surface area contributed by atoms with Crippen molar-refractivity contribution in [1.82, 2.24) is 4.98 Å². The van der Waals surface area contributed by atoms with E-state index in [2.05, 4.69) is 22.1 Å². The van der Waals surface area contributed by atoms with Crippen molar-refractivity contribution < 1.29 is 9.90 Å². The molecule has 0 bridgehead atoms. The minimum Gasteiger partial charge on any atom is -0.395 e. The number of aromatic nitrogens is 1. The maximum Gasteiger partial charge on any atom is 0.257 e. The van der Waals surface area contributed by atoms with E-state index in [0.29, 0.717) is 17.1 Å². The molecule has 21 heavy (non-hydrogen) atoms. The van der Waals surface area contributed by atoms with Gasteiger partial charge < -0.3 is 5.11 Å². The number of anilines is 1. The van der Waals surface area contributed by atoms with E-state index in [-0.39, 0.29) is 12.5 Å². The number of rotatable bonds is 3. The Balaban J connectivity index is 2.08. The van der Waals surface area contributed by atoms with Crippen LogP contribution in [0.4, 0.5) is 5.13 Å². The maximum absolute atomic E-state index is 12.2. The van der Waals surface area contributed by atoms with E-state index in [1.165, 1.54) is 11.3 Å². The van der Waals surface area contributed by atoms with Crippen LogP contribution in [0.5, 0.6) is 0 Å². The number of nitrogens with zero attached hydrogens (tertiary/aromatic N) is 1. The van der Waals surface area contributed by atoms with Gasteiger partial charge in [0.1, 0.15) is 0 Å². The highest BCUT2D eigenvalue weighted by Gasteiger charge is 2.09. The van der Waals surface area contributed by atoms with Gasteiger partial charge in [-0.1, -0.05) is 40.4 Å². The predicted molar refractivity (Wildman–Crippen MR) is 84.6 cm³/mol. The number of aliphatic hydroxyl groups excluding tert-OH is 1. The first-order valence-corrected chi connectivity index (χ1v) is 7.35.